The van der Waals surface area contributed by atoms with Crippen LogP contribution in [-0.4, -0.2) is 27.4 Å². The molecule has 474 valence electrons. The molecule has 24 bridgehead atoms. The molecule has 0 unspecified atom stereocenters. The number of aryl methyl sites for hydroxylation is 6. The second kappa shape index (κ2) is 27.1. The molecule has 0 fully saturated rings. The summed E-state index contributed by atoms with van der Waals surface area (Å²) in [5.41, 5.74) is 1.65. The maximum atomic E-state index is 15.1. The highest BCUT2D eigenvalue weighted by molar-refractivity contribution is 5.93. The Kier molecular flexibility index (Phi) is 17.8. The first-order valence-electron chi connectivity index (χ1n) is 32.9. The predicted molar refractivity (Wildman–Crippen MR) is 402 cm³/mol. The van der Waals surface area contributed by atoms with Crippen LogP contribution in [0.15, 0.2) is 284 Å². The van der Waals surface area contributed by atoms with Crippen molar-refractivity contribution in [2.45, 2.75) is 80.8 Å². The number of rotatable bonds is 6. The summed E-state index contributed by atoms with van der Waals surface area (Å²) in [5.74, 6) is 0. The van der Waals surface area contributed by atoms with Crippen LogP contribution in [0, 0.1) is 0 Å². The third kappa shape index (κ3) is 12.3. The van der Waals surface area contributed by atoms with Gasteiger partial charge >= 0.3 is 0 Å². The maximum absolute atomic E-state index is 15.1. The quantitative estimate of drug-likeness (QED) is 0.163. The average Bonchev–Trinajstić information content (AvgIpc) is 0.849. The lowest BCUT2D eigenvalue weighted by molar-refractivity contribution is 0.762. The van der Waals surface area contributed by atoms with Crippen LogP contribution in [0.2, 0.25) is 0 Å². The van der Waals surface area contributed by atoms with Crippen molar-refractivity contribution < 1.29 is 0 Å². The molecule has 30 aromatic heterocycles. The molecule has 0 aliphatic heterocycles. The average molecular weight is 1260 g/mol. The fourth-order valence-electron chi connectivity index (χ4n) is 13.2. The second-order valence-electron chi connectivity index (χ2n) is 23.9. The van der Waals surface area contributed by atoms with Crippen molar-refractivity contribution in [2.24, 2.45) is 0 Å². The van der Waals surface area contributed by atoms with Crippen molar-refractivity contribution in [3.05, 3.63) is 317 Å². The number of benzene rings is 11. The van der Waals surface area contributed by atoms with E-state index in [1.54, 1.807) is 63.8 Å². The SMILES string of the molecule is CCn1c(=O)c2cc3cc(c2)c(=O)n(CC)c2ccc(cc2)c2ccc(cc2)c2ccc(cc2)n(CC)c(=O)c2cc(cc(c2)c(=O)n(CC)c2ccc(cc2)c2ccc(cc2)c2ccc(cc2)n(CC)c3=O)c(=O)n(CC)c2ccc(cc2)c2ccc(cc2)c2ccc1cc2. The molecule has 0 aliphatic carbocycles. The molecule has 12 nitrogen and oxygen atoms in total. The van der Waals surface area contributed by atoms with Crippen LogP contribution >= 0.6 is 0 Å². The Balaban J connectivity index is 1.17. The Morgan fingerprint density at radius 1 is 0.156 bits per heavy atom. The molecule has 0 saturated heterocycles. The third-order valence-corrected chi connectivity index (χ3v) is 18.4. The number of nitrogens with zero attached hydrogens (tertiary/aromatic N) is 6. The van der Waals surface area contributed by atoms with E-state index < -0.39 is 0 Å². The third-order valence-electron chi connectivity index (χ3n) is 18.4. The predicted octanol–water partition coefficient (Wildman–Crippen LogP) is 17.4. The zero-order chi connectivity index (χ0) is 66.7. The van der Waals surface area contributed by atoms with Crippen molar-refractivity contribution in [2.75, 3.05) is 0 Å². The highest BCUT2D eigenvalue weighted by atomic mass is 16.2. The number of aromatic nitrogens is 6. The van der Waals surface area contributed by atoms with Crippen LogP contribution in [0.5, 0.6) is 0 Å². The first kappa shape index (κ1) is 63.0. The number of hydrogen-bond donors (Lipinski definition) is 0. The van der Waals surface area contributed by atoms with Gasteiger partial charge in [0, 0.05) is 105 Å². The van der Waals surface area contributed by atoms with Gasteiger partial charge in [-0.1, -0.05) is 146 Å². The van der Waals surface area contributed by atoms with Gasteiger partial charge in [-0.3, -0.25) is 28.8 Å². The lowest BCUT2D eigenvalue weighted by atomic mass is 10.1. The minimum absolute atomic E-state index is 0.192. The molecule has 0 saturated carbocycles. The Morgan fingerprint density at radius 3 is 0.344 bits per heavy atom. The van der Waals surface area contributed by atoms with E-state index in [2.05, 4.69) is 0 Å². The molecule has 0 atom stereocenters. The molecule has 0 aliphatic rings. The fourth-order valence-corrected chi connectivity index (χ4v) is 13.2. The van der Waals surface area contributed by atoms with Gasteiger partial charge in [0.05, 0.1) is 0 Å². The van der Waals surface area contributed by atoms with Crippen molar-refractivity contribution >= 4 is 130 Å². The van der Waals surface area contributed by atoms with Gasteiger partial charge in [-0.05, 0) is 215 Å². The minimum atomic E-state index is -0.368. The summed E-state index contributed by atoms with van der Waals surface area (Å²) in [6.07, 6.45) is 0. The zero-order valence-corrected chi connectivity index (χ0v) is 54.6. The van der Waals surface area contributed by atoms with Gasteiger partial charge in [-0.2, -0.15) is 0 Å². The Bertz CT molecular complexity index is 5090. The topological polar surface area (TPSA) is 132 Å². The maximum Gasteiger partial charge on any atom is 0.258 e. The number of hydrogen-bond acceptors (Lipinski definition) is 6. The van der Waals surface area contributed by atoms with Crippen LogP contribution in [0.4, 0.5) is 0 Å². The molecular formula is C84H72N6O6. The summed E-state index contributed by atoms with van der Waals surface area (Å²) in [6.45, 7) is 13.2. The molecular weight excluding hydrogens is 1190 g/mol. The molecule has 0 spiro atoms. The van der Waals surface area contributed by atoms with Crippen LogP contribution < -0.4 is 33.4 Å². The smallest absolute Gasteiger partial charge is 0.258 e. The molecule has 96 heavy (non-hydrogen) atoms. The zero-order valence-electron chi connectivity index (χ0n) is 54.6. The highest BCUT2D eigenvalue weighted by Crippen LogP contribution is 2.23. The monoisotopic (exact) mass is 1260 g/mol. The molecule has 0 N–H and O–H groups in total. The normalized spacial score (nSPS) is 11.3. The van der Waals surface area contributed by atoms with Crippen LogP contribution in [0.3, 0.4) is 0 Å². The van der Waals surface area contributed by atoms with E-state index in [9.17, 15) is 0 Å². The van der Waals surface area contributed by atoms with E-state index in [0.29, 0.717) is 72.4 Å². The molecule has 11 aromatic carbocycles. The van der Waals surface area contributed by atoms with Crippen molar-refractivity contribution in [1.29, 1.82) is 0 Å². The van der Waals surface area contributed by atoms with E-state index in [1.807, 2.05) is 260 Å². The van der Waals surface area contributed by atoms with Crippen LogP contribution in [0.25, 0.3) is 130 Å². The van der Waals surface area contributed by atoms with Crippen molar-refractivity contribution in [1.82, 2.24) is 27.4 Å². The fraction of sp³-hybridized carbons (Fsp3) is 0.143. The molecule has 0 radical (unpaired) electrons. The van der Waals surface area contributed by atoms with Gasteiger partial charge in [0.15, 0.2) is 0 Å². The van der Waals surface area contributed by atoms with Gasteiger partial charge in [0.2, 0.25) is 0 Å². The summed E-state index contributed by atoms with van der Waals surface area (Å²) in [4.78, 5) is 90.9. The van der Waals surface area contributed by atoms with Gasteiger partial charge in [-0.25, -0.2) is 0 Å². The van der Waals surface area contributed by atoms with Gasteiger partial charge in [0.25, 0.3) is 33.4 Å². The van der Waals surface area contributed by atoms with E-state index in [-0.39, 0.29) is 65.7 Å². The second-order valence-corrected chi connectivity index (χ2v) is 23.9. The van der Waals surface area contributed by atoms with Gasteiger partial charge < -0.3 is 27.4 Å². The largest absolute Gasteiger partial charge is 0.309 e. The first-order valence-corrected chi connectivity index (χ1v) is 32.9. The molecule has 12 heteroatoms. The van der Waals surface area contributed by atoms with Crippen molar-refractivity contribution in [3.63, 3.8) is 0 Å². The minimum Gasteiger partial charge on any atom is -0.309 e. The van der Waals surface area contributed by atoms with Crippen LogP contribution in [0.1, 0.15) is 41.5 Å². The van der Waals surface area contributed by atoms with E-state index in [0.717, 1.165) is 64.6 Å². The molecule has 41 rings (SSSR count). The van der Waals surface area contributed by atoms with Crippen molar-refractivity contribution in [3.8, 4) is 0 Å². The Hall–Kier alpha value is -11.8. The molecule has 30 heterocycles. The standard InChI is InChI=1S/C84H72N6O6/c1-7-85-73-37-25-61(26-38-73)55-13-15-56(16-14-55)62-31-43-76(44-32-62)88(10-4)82(94)70-52-71-54-72(53-70)84(96)90(12-6)78-47-35-66(36-48-78)60-23-19-58(20-24-60)64-29-41-75(42-30-64)87(9-3)81(93)69-50-67(79(85)91)49-68(51-69)80(92)86(8-2)74-39-27-63(28-40-74)57-17-21-59(22-18-57)65-33-45-77(46-34-65)89(11-5)83(71)95/h13-54H,7-12H2,1-6H3. The lowest BCUT2D eigenvalue weighted by Gasteiger charge is -2.07. The van der Waals surface area contributed by atoms with E-state index in [4.69, 9.17) is 0 Å². The highest BCUT2D eigenvalue weighted by Gasteiger charge is 2.10. The van der Waals surface area contributed by atoms with Gasteiger partial charge in [-0.15, -0.1) is 0 Å². The Labute approximate surface area is 552 Å². The van der Waals surface area contributed by atoms with E-state index in [1.165, 1.54) is 0 Å². The summed E-state index contributed by atoms with van der Waals surface area (Å²) in [5, 5.41) is 12.5. The summed E-state index contributed by atoms with van der Waals surface area (Å²) >= 11 is 0. The van der Waals surface area contributed by atoms with E-state index >= 15 is 28.8 Å². The summed E-state index contributed by atoms with van der Waals surface area (Å²) in [6, 6.07) is 80.8. The summed E-state index contributed by atoms with van der Waals surface area (Å²) in [7, 11) is 0. The lowest BCUT2D eigenvalue weighted by Crippen LogP contribution is -2.21. The van der Waals surface area contributed by atoms with Crippen LogP contribution in [-0.2, 0) is 39.3 Å². The first-order chi connectivity index (χ1) is 46.8. The van der Waals surface area contributed by atoms with Gasteiger partial charge in [0.1, 0.15) is 0 Å². The summed E-state index contributed by atoms with van der Waals surface area (Å²) < 4.78 is 9.94. The Morgan fingerprint density at radius 2 is 0.250 bits per heavy atom. The molecule has 41 aromatic rings. The molecule has 0 amide bonds.